The molecule has 2 rings (SSSR count). The third-order valence-electron chi connectivity index (χ3n) is 4.31. The van der Waals surface area contributed by atoms with E-state index >= 15 is 0 Å². The zero-order valence-corrected chi connectivity index (χ0v) is 10.9. The van der Waals surface area contributed by atoms with Crippen LogP contribution in [0.25, 0.3) is 0 Å². The summed E-state index contributed by atoms with van der Waals surface area (Å²) >= 11 is 0. The van der Waals surface area contributed by atoms with Gasteiger partial charge in [0.2, 0.25) is 0 Å². The first-order chi connectivity index (χ1) is 8.35. The molecule has 0 aliphatic carbocycles. The molecule has 0 radical (unpaired) electrons. The minimum atomic E-state index is 0.575. The number of piperidine rings is 2. The third-order valence-corrected chi connectivity index (χ3v) is 4.31. The lowest BCUT2D eigenvalue weighted by molar-refractivity contribution is 0.0637. The van der Waals surface area contributed by atoms with Crippen molar-refractivity contribution in [3.8, 4) is 6.07 Å². The minimum absolute atomic E-state index is 0.575. The van der Waals surface area contributed by atoms with Gasteiger partial charge in [-0.05, 0) is 63.6 Å². The average Bonchev–Trinajstić information content (AvgIpc) is 2.36. The predicted octanol–water partition coefficient (Wildman–Crippen LogP) is 2.15. The molecule has 1 N–H and O–H groups in total. The lowest BCUT2D eigenvalue weighted by Gasteiger charge is -2.45. The van der Waals surface area contributed by atoms with Crippen molar-refractivity contribution < 1.29 is 0 Å². The molecule has 0 saturated carbocycles. The number of nitrogens with zero attached hydrogens (tertiary/aromatic N) is 2. The van der Waals surface area contributed by atoms with Crippen molar-refractivity contribution in [2.75, 3.05) is 32.7 Å². The summed E-state index contributed by atoms with van der Waals surface area (Å²) < 4.78 is 0. The molecule has 2 heterocycles. The van der Waals surface area contributed by atoms with Crippen LogP contribution in [0.15, 0.2) is 0 Å². The van der Waals surface area contributed by atoms with Gasteiger partial charge >= 0.3 is 0 Å². The second kappa shape index (κ2) is 6.37. The van der Waals surface area contributed by atoms with Crippen molar-refractivity contribution in [2.24, 2.45) is 5.41 Å². The maximum Gasteiger partial charge on any atom is 0.0621 e. The first-order valence-electron chi connectivity index (χ1n) is 7.15. The number of hydrogen-bond acceptors (Lipinski definition) is 3. The number of unbranched alkanes of at least 4 members (excludes halogenated alkanes) is 2. The average molecular weight is 235 g/mol. The Morgan fingerprint density at radius 3 is 2.88 bits per heavy atom. The molecule has 0 aromatic carbocycles. The zero-order chi connectivity index (χ0) is 12.0. The first kappa shape index (κ1) is 12.9. The van der Waals surface area contributed by atoms with Crippen LogP contribution in [0.2, 0.25) is 0 Å². The van der Waals surface area contributed by atoms with E-state index in [1.807, 2.05) is 0 Å². The van der Waals surface area contributed by atoms with Crippen LogP contribution < -0.4 is 5.32 Å². The van der Waals surface area contributed by atoms with Crippen molar-refractivity contribution in [1.29, 1.82) is 5.26 Å². The van der Waals surface area contributed by atoms with Gasteiger partial charge in [0.05, 0.1) is 6.07 Å². The Labute approximate surface area is 105 Å². The largest absolute Gasteiger partial charge is 0.316 e. The van der Waals surface area contributed by atoms with E-state index in [4.69, 9.17) is 5.26 Å². The van der Waals surface area contributed by atoms with Gasteiger partial charge in [-0.2, -0.15) is 5.26 Å². The van der Waals surface area contributed by atoms with E-state index in [1.165, 1.54) is 64.8 Å². The monoisotopic (exact) mass is 235 g/mol. The van der Waals surface area contributed by atoms with Crippen LogP contribution in [-0.2, 0) is 0 Å². The molecule has 0 bridgehead atoms. The molecular formula is C14H25N3. The normalized spacial score (nSPS) is 30.3. The van der Waals surface area contributed by atoms with Crippen molar-refractivity contribution in [3.63, 3.8) is 0 Å². The summed E-state index contributed by atoms with van der Waals surface area (Å²) in [5, 5.41) is 12.1. The van der Waals surface area contributed by atoms with Crippen LogP contribution in [0.3, 0.4) is 0 Å². The number of likely N-dealkylation sites (tertiary alicyclic amines) is 1. The Bertz CT molecular complexity index is 258. The van der Waals surface area contributed by atoms with Gasteiger partial charge in [-0.25, -0.2) is 0 Å². The van der Waals surface area contributed by atoms with Gasteiger partial charge in [-0.3, -0.25) is 0 Å². The third kappa shape index (κ3) is 3.69. The highest BCUT2D eigenvalue weighted by molar-refractivity contribution is 4.91. The van der Waals surface area contributed by atoms with Crippen LogP contribution in [0.1, 0.15) is 44.9 Å². The molecule has 3 nitrogen and oxygen atoms in total. The van der Waals surface area contributed by atoms with Crippen LogP contribution in [0.5, 0.6) is 0 Å². The van der Waals surface area contributed by atoms with Crippen molar-refractivity contribution >= 4 is 0 Å². The van der Waals surface area contributed by atoms with Gasteiger partial charge in [-0.15, -0.1) is 0 Å². The van der Waals surface area contributed by atoms with Gasteiger partial charge < -0.3 is 10.2 Å². The van der Waals surface area contributed by atoms with Crippen molar-refractivity contribution in [1.82, 2.24) is 10.2 Å². The van der Waals surface area contributed by atoms with Gasteiger partial charge in [0.1, 0.15) is 0 Å². The second-order valence-corrected chi connectivity index (χ2v) is 5.78. The number of nitriles is 1. The first-order valence-corrected chi connectivity index (χ1v) is 7.15. The molecule has 0 aromatic heterocycles. The lowest BCUT2D eigenvalue weighted by atomic mass is 9.74. The molecule has 3 heteroatoms. The van der Waals surface area contributed by atoms with E-state index in [0.29, 0.717) is 5.41 Å². The van der Waals surface area contributed by atoms with Crippen LogP contribution in [-0.4, -0.2) is 37.6 Å². The molecule has 0 aromatic rings. The zero-order valence-electron chi connectivity index (χ0n) is 10.9. The van der Waals surface area contributed by atoms with Crippen molar-refractivity contribution in [3.05, 3.63) is 0 Å². The van der Waals surface area contributed by atoms with E-state index in [1.54, 1.807) is 0 Å². The Hall–Kier alpha value is -0.590. The molecule has 2 saturated heterocycles. The molecule has 0 amide bonds. The number of rotatable bonds is 4. The Kier molecular flexibility index (Phi) is 4.82. The van der Waals surface area contributed by atoms with Crippen molar-refractivity contribution in [2.45, 2.75) is 44.9 Å². The van der Waals surface area contributed by atoms with Gasteiger partial charge in [0.15, 0.2) is 0 Å². The van der Waals surface area contributed by atoms with E-state index in [-0.39, 0.29) is 0 Å². The van der Waals surface area contributed by atoms with E-state index in [2.05, 4.69) is 16.3 Å². The highest BCUT2D eigenvalue weighted by Gasteiger charge is 2.35. The maximum atomic E-state index is 8.53. The molecule has 1 atom stereocenters. The van der Waals surface area contributed by atoms with Crippen LogP contribution >= 0.6 is 0 Å². The lowest BCUT2D eigenvalue weighted by Crippen LogP contribution is -2.51. The Morgan fingerprint density at radius 2 is 2.12 bits per heavy atom. The van der Waals surface area contributed by atoms with Gasteiger partial charge in [0, 0.05) is 19.5 Å². The summed E-state index contributed by atoms with van der Waals surface area (Å²) in [5.41, 5.74) is 0.575. The molecule has 2 aliphatic heterocycles. The van der Waals surface area contributed by atoms with Gasteiger partial charge in [0.25, 0.3) is 0 Å². The van der Waals surface area contributed by atoms with E-state index < -0.39 is 0 Å². The number of nitrogens with one attached hydrogen (secondary N) is 1. The summed E-state index contributed by atoms with van der Waals surface area (Å²) in [7, 11) is 0. The summed E-state index contributed by atoms with van der Waals surface area (Å²) in [6, 6.07) is 2.23. The second-order valence-electron chi connectivity index (χ2n) is 5.78. The smallest absolute Gasteiger partial charge is 0.0621 e. The maximum absolute atomic E-state index is 8.53. The Balaban J connectivity index is 1.74. The molecule has 2 fully saturated rings. The minimum Gasteiger partial charge on any atom is -0.316 e. The summed E-state index contributed by atoms with van der Waals surface area (Å²) in [4.78, 5) is 2.63. The van der Waals surface area contributed by atoms with Crippen LogP contribution in [0, 0.1) is 16.7 Å². The fraction of sp³-hybridized carbons (Fsp3) is 0.929. The molecule has 2 aliphatic rings. The summed E-state index contributed by atoms with van der Waals surface area (Å²) in [5.74, 6) is 0. The topological polar surface area (TPSA) is 39.1 Å². The van der Waals surface area contributed by atoms with Gasteiger partial charge in [-0.1, -0.05) is 0 Å². The standard InChI is InChI=1S/C14H25N3/c15-8-2-1-3-10-17-11-5-7-14(13-17)6-4-9-16-12-14/h16H,1-7,9-13H2. The summed E-state index contributed by atoms with van der Waals surface area (Å²) in [6.45, 7) is 6.19. The highest BCUT2D eigenvalue weighted by Crippen LogP contribution is 2.35. The Morgan fingerprint density at radius 1 is 1.24 bits per heavy atom. The summed E-state index contributed by atoms with van der Waals surface area (Å²) in [6.07, 6.45) is 8.52. The molecule has 1 unspecified atom stereocenters. The highest BCUT2D eigenvalue weighted by atomic mass is 15.1. The van der Waals surface area contributed by atoms with Crippen LogP contribution in [0.4, 0.5) is 0 Å². The predicted molar refractivity (Wildman–Crippen MR) is 69.7 cm³/mol. The molecule has 96 valence electrons. The quantitative estimate of drug-likeness (QED) is 0.759. The van der Waals surface area contributed by atoms with E-state index in [0.717, 1.165) is 12.8 Å². The number of hydrogen-bond donors (Lipinski definition) is 1. The SMILES string of the molecule is N#CCCCCN1CCCC2(CCCNC2)C1. The fourth-order valence-electron chi connectivity index (χ4n) is 3.42. The molecule has 1 spiro atoms. The molecular weight excluding hydrogens is 210 g/mol. The van der Waals surface area contributed by atoms with E-state index in [9.17, 15) is 0 Å². The fourth-order valence-corrected chi connectivity index (χ4v) is 3.42. The molecule has 17 heavy (non-hydrogen) atoms.